The first-order valence-electron chi connectivity index (χ1n) is 7.84. The zero-order valence-electron chi connectivity index (χ0n) is 13.9. The molecule has 26 heavy (non-hydrogen) atoms. The van der Waals surface area contributed by atoms with Crippen LogP contribution in [0.2, 0.25) is 10.0 Å². The van der Waals surface area contributed by atoms with Gasteiger partial charge in [0.15, 0.2) is 5.75 Å². The summed E-state index contributed by atoms with van der Waals surface area (Å²) in [5.74, 6) is 0.304. The number of aliphatic hydroxyl groups excluding tert-OH is 1. The van der Waals surface area contributed by atoms with Gasteiger partial charge >= 0.3 is 0 Å². The number of hydrogen-bond acceptors (Lipinski definition) is 5. The second kappa shape index (κ2) is 8.22. The molecule has 2 aromatic heterocycles. The molecule has 1 N–H and O–H groups in total. The average molecular weight is 411 g/mol. The standard InChI is InChI=1S/C18H16Cl2N2O3S/c1-11-5-7-16(26-11)15-6-8-17(24)22(21-15)9-12(23)10-25-18-13(19)3-2-4-14(18)20/h2-8,12,23H,9-10H2,1H3. The first kappa shape index (κ1) is 18.9. The normalized spacial score (nSPS) is 12.2. The van der Waals surface area contributed by atoms with Crippen molar-refractivity contribution in [1.82, 2.24) is 9.78 Å². The van der Waals surface area contributed by atoms with Gasteiger partial charge in [-0.25, -0.2) is 4.68 Å². The van der Waals surface area contributed by atoms with Crippen LogP contribution in [-0.4, -0.2) is 27.6 Å². The Balaban J connectivity index is 1.71. The third-order valence-electron chi connectivity index (χ3n) is 3.58. The highest BCUT2D eigenvalue weighted by Gasteiger charge is 2.13. The molecule has 0 saturated carbocycles. The van der Waals surface area contributed by atoms with E-state index in [2.05, 4.69) is 5.10 Å². The number of thiophene rings is 1. The summed E-state index contributed by atoms with van der Waals surface area (Å²) in [6, 6.07) is 12.1. The number of aryl methyl sites for hydroxylation is 1. The molecule has 0 bridgehead atoms. The van der Waals surface area contributed by atoms with Crippen molar-refractivity contribution in [2.24, 2.45) is 0 Å². The van der Waals surface area contributed by atoms with Gasteiger partial charge in [-0.1, -0.05) is 29.3 Å². The lowest BCUT2D eigenvalue weighted by molar-refractivity contribution is 0.0881. The Hall–Kier alpha value is -1.86. The van der Waals surface area contributed by atoms with Crippen LogP contribution >= 0.6 is 34.5 Å². The average Bonchev–Trinajstić information content (AvgIpc) is 3.03. The second-order valence-corrected chi connectivity index (χ2v) is 7.77. The van der Waals surface area contributed by atoms with E-state index >= 15 is 0 Å². The van der Waals surface area contributed by atoms with Crippen LogP contribution in [0.3, 0.4) is 0 Å². The summed E-state index contributed by atoms with van der Waals surface area (Å²) in [5.41, 5.74) is 0.391. The van der Waals surface area contributed by atoms with Crippen LogP contribution in [0.5, 0.6) is 5.75 Å². The van der Waals surface area contributed by atoms with Crippen LogP contribution in [0, 0.1) is 6.92 Å². The highest BCUT2D eigenvalue weighted by atomic mass is 35.5. The molecule has 0 aliphatic heterocycles. The van der Waals surface area contributed by atoms with Gasteiger partial charge in [-0.2, -0.15) is 5.10 Å². The van der Waals surface area contributed by atoms with Crippen LogP contribution in [0.4, 0.5) is 0 Å². The minimum Gasteiger partial charge on any atom is -0.488 e. The Morgan fingerprint density at radius 2 is 1.92 bits per heavy atom. The largest absolute Gasteiger partial charge is 0.488 e. The third-order valence-corrected chi connectivity index (χ3v) is 5.20. The molecule has 0 fully saturated rings. The van der Waals surface area contributed by atoms with Gasteiger partial charge in [0.25, 0.3) is 5.56 Å². The summed E-state index contributed by atoms with van der Waals surface area (Å²) in [4.78, 5) is 14.2. The molecule has 0 amide bonds. The summed E-state index contributed by atoms with van der Waals surface area (Å²) < 4.78 is 6.73. The van der Waals surface area contributed by atoms with E-state index in [1.807, 2.05) is 19.1 Å². The number of halogens is 2. The molecule has 0 radical (unpaired) electrons. The summed E-state index contributed by atoms with van der Waals surface area (Å²) in [6.45, 7) is 1.93. The molecule has 0 aliphatic rings. The topological polar surface area (TPSA) is 64.4 Å². The van der Waals surface area contributed by atoms with E-state index in [1.54, 1.807) is 35.6 Å². The van der Waals surface area contributed by atoms with E-state index in [0.717, 1.165) is 9.75 Å². The van der Waals surface area contributed by atoms with Crippen LogP contribution in [0.15, 0.2) is 47.3 Å². The Bertz CT molecular complexity index is 951. The van der Waals surface area contributed by atoms with Crippen molar-refractivity contribution in [3.05, 3.63) is 67.7 Å². The zero-order valence-corrected chi connectivity index (χ0v) is 16.2. The van der Waals surface area contributed by atoms with Crippen molar-refractivity contribution < 1.29 is 9.84 Å². The number of nitrogens with zero attached hydrogens (tertiary/aromatic N) is 2. The number of aromatic nitrogens is 2. The number of rotatable bonds is 6. The molecule has 0 spiro atoms. The molecular formula is C18H16Cl2N2O3S. The van der Waals surface area contributed by atoms with Gasteiger partial charge < -0.3 is 9.84 Å². The zero-order chi connectivity index (χ0) is 18.7. The van der Waals surface area contributed by atoms with Crippen molar-refractivity contribution in [1.29, 1.82) is 0 Å². The van der Waals surface area contributed by atoms with E-state index in [9.17, 15) is 9.90 Å². The molecule has 2 heterocycles. The molecule has 1 unspecified atom stereocenters. The number of benzene rings is 1. The van der Waals surface area contributed by atoms with Crippen molar-refractivity contribution >= 4 is 34.5 Å². The van der Waals surface area contributed by atoms with Gasteiger partial charge in [0, 0.05) is 10.9 Å². The lowest BCUT2D eigenvalue weighted by atomic mass is 10.3. The van der Waals surface area contributed by atoms with E-state index in [0.29, 0.717) is 21.5 Å². The van der Waals surface area contributed by atoms with Crippen molar-refractivity contribution in [3.63, 3.8) is 0 Å². The maximum absolute atomic E-state index is 12.0. The van der Waals surface area contributed by atoms with Gasteiger partial charge in [-0.3, -0.25) is 4.79 Å². The van der Waals surface area contributed by atoms with E-state index in [1.165, 1.54) is 10.7 Å². The molecular weight excluding hydrogens is 395 g/mol. The Morgan fingerprint density at radius 3 is 2.58 bits per heavy atom. The molecule has 5 nitrogen and oxygen atoms in total. The quantitative estimate of drug-likeness (QED) is 0.666. The van der Waals surface area contributed by atoms with Gasteiger partial charge in [-0.05, 0) is 37.3 Å². The molecule has 3 aromatic rings. The predicted octanol–water partition coefficient (Wildman–Crippen LogP) is 4.03. The molecule has 1 atom stereocenters. The Labute approximate surface area is 164 Å². The molecule has 0 saturated heterocycles. The summed E-state index contributed by atoms with van der Waals surface area (Å²) >= 11 is 13.7. The van der Waals surface area contributed by atoms with Crippen LogP contribution < -0.4 is 10.3 Å². The minimum atomic E-state index is -0.951. The van der Waals surface area contributed by atoms with Crippen LogP contribution in [0.1, 0.15) is 4.88 Å². The Morgan fingerprint density at radius 1 is 1.19 bits per heavy atom. The lowest BCUT2D eigenvalue weighted by Crippen LogP contribution is -2.31. The first-order chi connectivity index (χ1) is 12.4. The van der Waals surface area contributed by atoms with Gasteiger partial charge in [0.05, 0.1) is 21.5 Å². The number of aliphatic hydroxyl groups is 1. The van der Waals surface area contributed by atoms with Gasteiger partial charge in [0.1, 0.15) is 18.4 Å². The highest BCUT2D eigenvalue weighted by Crippen LogP contribution is 2.32. The molecule has 3 rings (SSSR count). The SMILES string of the molecule is Cc1ccc(-c2ccc(=O)n(CC(O)COc3c(Cl)cccc3Cl)n2)s1. The van der Waals surface area contributed by atoms with Crippen LogP contribution in [0.25, 0.3) is 10.6 Å². The van der Waals surface area contributed by atoms with E-state index in [-0.39, 0.29) is 18.7 Å². The number of hydrogen-bond donors (Lipinski definition) is 1. The second-order valence-electron chi connectivity index (χ2n) is 5.66. The summed E-state index contributed by atoms with van der Waals surface area (Å²) in [5, 5.41) is 15.3. The predicted molar refractivity (Wildman–Crippen MR) is 105 cm³/mol. The number of para-hydroxylation sites is 1. The van der Waals surface area contributed by atoms with Crippen molar-refractivity contribution in [2.75, 3.05) is 6.61 Å². The molecule has 136 valence electrons. The van der Waals surface area contributed by atoms with E-state index < -0.39 is 6.10 Å². The molecule has 1 aromatic carbocycles. The third kappa shape index (κ3) is 4.45. The monoisotopic (exact) mass is 410 g/mol. The number of ether oxygens (including phenoxy) is 1. The van der Waals surface area contributed by atoms with Gasteiger partial charge in [-0.15, -0.1) is 11.3 Å². The highest BCUT2D eigenvalue weighted by molar-refractivity contribution is 7.15. The molecule has 0 aliphatic carbocycles. The smallest absolute Gasteiger partial charge is 0.266 e. The molecule has 8 heteroatoms. The van der Waals surface area contributed by atoms with Crippen molar-refractivity contribution in [3.8, 4) is 16.3 Å². The van der Waals surface area contributed by atoms with E-state index in [4.69, 9.17) is 27.9 Å². The summed E-state index contributed by atoms with van der Waals surface area (Å²) in [6.07, 6.45) is -0.951. The lowest BCUT2D eigenvalue weighted by Gasteiger charge is -2.15. The fourth-order valence-corrected chi connectivity index (χ4v) is 3.67. The van der Waals surface area contributed by atoms with Gasteiger partial charge in [0.2, 0.25) is 0 Å². The summed E-state index contributed by atoms with van der Waals surface area (Å²) in [7, 11) is 0. The first-order valence-corrected chi connectivity index (χ1v) is 9.41. The Kier molecular flexibility index (Phi) is 5.98. The van der Waals surface area contributed by atoms with Crippen molar-refractivity contribution in [2.45, 2.75) is 19.6 Å². The maximum Gasteiger partial charge on any atom is 0.266 e. The minimum absolute atomic E-state index is 0.000890. The fraction of sp³-hybridized carbons (Fsp3) is 0.222. The van der Waals surface area contributed by atoms with Crippen LogP contribution in [-0.2, 0) is 6.54 Å². The maximum atomic E-state index is 12.0. The fourth-order valence-electron chi connectivity index (χ4n) is 2.34.